The number of halogens is 1. The summed E-state index contributed by atoms with van der Waals surface area (Å²) >= 11 is 3.27. The molecule has 1 saturated heterocycles. The Morgan fingerprint density at radius 2 is 1.84 bits per heavy atom. The molecule has 6 heteroatoms. The molecule has 2 aromatic rings. The van der Waals surface area contributed by atoms with Gasteiger partial charge in [0.05, 0.1) is 5.56 Å². The third kappa shape index (κ3) is 4.14. The second-order valence-electron chi connectivity index (χ2n) is 6.41. The molecule has 0 aliphatic carbocycles. The van der Waals surface area contributed by atoms with Crippen LogP contribution in [0.5, 0.6) is 5.75 Å². The van der Waals surface area contributed by atoms with E-state index in [0.29, 0.717) is 0 Å². The van der Waals surface area contributed by atoms with Crippen LogP contribution in [0.15, 0.2) is 40.9 Å². The Morgan fingerprint density at radius 1 is 1.12 bits per heavy atom. The molecule has 1 aliphatic heterocycles. The van der Waals surface area contributed by atoms with Crippen LogP contribution in [0.4, 0.5) is 11.4 Å². The monoisotopic (exact) mass is 403 g/mol. The third-order valence-electron chi connectivity index (χ3n) is 4.50. The van der Waals surface area contributed by atoms with Crippen LogP contribution in [0.25, 0.3) is 0 Å². The Kier molecular flexibility index (Phi) is 5.30. The Labute approximate surface area is 156 Å². The van der Waals surface area contributed by atoms with Crippen LogP contribution in [0.3, 0.4) is 0 Å². The topological polar surface area (TPSA) is 55.8 Å². The number of rotatable bonds is 3. The summed E-state index contributed by atoms with van der Waals surface area (Å²) in [5.41, 5.74) is 3.31. The summed E-state index contributed by atoms with van der Waals surface area (Å²) in [5, 5.41) is 12.8. The number of aromatic hydroxyl groups is 1. The van der Waals surface area contributed by atoms with Gasteiger partial charge < -0.3 is 20.2 Å². The summed E-state index contributed by atoms with van der Waals surface area (Å²) in [7, 11) is 2.14. The van der Waals surface area contributed by atoms with Crippen molar-refractivity contribution in [3.05, 3.63) is 52.0 Å². The van der Waals surface area contributed by atoms with Crippen molar-refractivity contribution in [2.75, 3.05) is 43.4 Å². The average molecular weight is 404 g/mol. The number of hydrogen-bond donors (Lipinski definition) is 2. The molecular weight excluding hydrogens is 382 g/mol. The summed E-state index contributed by atoms with van der Waals surface area (Å²) in [6, 6.07) is 10.8. The van der Waals surface area contributed by atoms with Crippen molar-refractivity contribution in [1.82, 2.24) is 4.90 Å². The summed E-state index contributed by atoms with van der Waals surface area (Å²) < 4.78 is 0.730. The number of aryl methyl sites for hydroxylation is 1. The maximum Gasteiger partial charge on any atom is 0.259 e. The second-order valence-corrected chi connectivity index (χ2v) is 7.32. The van der Waals surface area contributed by atoms with E-state index in [1.807, 2.05) is 12.1 Å². The normalized spacial score (nSPS) is 15.2. The third-order valence-corrected chi connectivity index (χ3v) is 5.00. The highest BCUT2D eigenvalue weighted by Crippen LogP contribution is 2.26. The van der Waals surface area contributed by atoms with Gasteiger partial charge in [0, 0.05) is 42.0 Å². The van der Waals surface area contributed by atoms with E-state index in [2.05, 4.69) is 51.1 Å². The van der Waals surface area contributed by atoms with Crippen LogP contribution in [-0.4, -0.2) is 49.1 Å². The van der Waals surface area contributed by atoms with Crippen molar-refractivity contribution in [3.8, 4) is 5.75 Å². The number of carbonyl (C=O) groups excluding carboxylic acids is 1. The van der Waals surface area contributed by atoms with Crippen molar-refractivity contribution in [1.29, 1.82) is 0 Å². The van der Waals surface area contributed by atoms with Gasteiger partial charge in [0.1, 0.15) is 5.75 Å². The standard InChI is InChI=1S/C19H22BrN3O2/c1-13-11-15(4-6-17(13)23-9-7-22(2)8-10-23)21-19(25)16-5-3-14(20)12-18(16)24/h3-6,11-12,24H,7-10H2,1-2H3,(H,21,25). The first-order valence-corrected chi connectivity index (χ1v) is 9.07. The van der Waals surface area contributed by atoms with Crippen LogP contribution >= 0.6 is 15.9 Å². The Hall–Kier alpha value is -2.05. The summed E-state index contributed by atoms with van der Waals surface area (Å²) in [4.78, 5) is 17.1. The van der Waals surface area contributed by atoms with Crippen molar-refractivity contribution in [2.45, 2.75) is 6.92 Å². The number of amides is 1. The number of anilines is 2. The predicted octanol–water partition coefficient (Wildman–Crippen LogP) is 3.47. The molecule has 0 saturated carbocycles. The van der Waals surface area contributed by atoms with Gasteiger partial charge in [-0.2, -0.15) is 0 Å². The largest absolute Gasteiger partial charge is 0.507 e. The molecule has 1 heterocycles. The highest BCUT2D eigenvalue weighted by Gasteiger charge is 2.17. The lowest BCUT2D eigenvalue weighted by Gasteiger charge is -2.35. The fourth-order valence-electron chi connectivity index (χ4n) is 3.03. The molecule has 132 valence electrons. The van der Waals surface area contributed by atoms with E-state index < -0.39 is 0 Å². The van der Waals surface area contributed by atoms with Gasteiger partial charge in [0.2, 0.25) is 0 Å². The molecule has 0 aromatic heterocycles. The molecule has 0 radical (unpaired) electrons. The van der Waals surface area contributed by atoms with Crippen LogP contribution in [0.2, 0.25) is 0 Å². The van der Waals surface area contributed by atoms with Gasteiger partial charge in [-0.1, -0.05) is 15.9 Å². The van der Waals surface area contributed by atoms with E-state index in [9.17, 15) is 9.90 Å². The lowest BCUT2D eigenvalue weighted by atomic mass is 10.1. The predicted molar refractivity (Wildman–Crippen MR) is 105 cm³/mol. The molecule has 0 atom stereocenters. The Balaban J connectivity index is 1.73. The van der Waals surface area contributed by atoms with Crippen molar-refractivity contribution < 1.29 is 9.90 Å². The fourth-order valence-corrected chi connectivity index (χ4v) is 3.38. The molecular formula is C19H22BrN3O2. The van der Waals surface area contributed by atoms with Crippen molar-refractivity contribution in [3.63, 3.8) is 0 Å². The molecule has 1 aliphatic rings. The molecule has 25 heavy (non-hydrogen) atoms. The maximum absolute atomic E-state index is 12.4. The van der Waals surface area contributed by atoms with Crippen LogP contribution in [-0.2, 0) is 0 Å². The van der Waals surface area contributed by atoms with Gasteiger partial charge >= 0.3 is 0 Å². The van der Waals surface area contributed by atoms with Gasteiger partial charge in [0.15, 0.2) is 0 Å². The van der Waals surface area contributed by atoms with Gasteiger partial charge in [0.25, 0.3) is 5.91 Å². The fraction of sp³-hybridized carbons (Fsp3) is 0.316. The number of benzene rings is 2. The molecule has 1 fully saturated rings. The number of hydrogen-bond acceptors (Lipinski definition) is 4. The minimum atomic E-state index is -0.322. The molecule has 5 nitrogen and oxygen atoms in total. The molecule has 0 unspecified atom stereocenters. The zero-order valence-corrected chi connectivity index (χ0v) is 16.0. The molecule has 3 rings (SSSR count). The van der Waals surface area contributed by atoms with Gasteiger partial charge in [-0.15, -0.1) is 0 Å². The zero-order valence-electron chi connectivity index (χ0n) is 14.4. The Morgan fingerprint density at radius 3 is 2.48 bits per heavy atom. The smallest absolute Gasteiger partial charge is 0.259 e. The van der Waals surface area contributed by atoms with Crippen molar-refractivity contribution in [2.24, 2.45) is 0 Å². The molecule has 0 bridgehead atoms. The highest BCUT2D eigenvalue weighted by molar-refractivity contribution is 9.10. The number of carbonyl (C=O) groups is 1. The summed E-state index contributed by atoms with van der Waals surface area (Å²) in [5.74, 6) is -0.366. The number of phenolic OH excluding ortho intramolecular Hbond substituents is 1. The summed E-state index contributed by atoms with van der Waals surface area (Å²) in [6.45, 7) is 6.19. The molecule has 2 aromatic carbocycles. The Bertz CT molecular complexity index is 786. The maximum atomic E-state index is 12.4. The van der Waals surface area contributed by atoms with E-state index in [4.69, 9.17) is 0 Å². The van der Waals surface area contributed by atoms with E-state index in [1.165, 1.54) is 11.8 Å². The molecule has 1 amide bonds. The number of likely N-dealkylation sites (N-methyl/N-ethyl adjacent to an activating group) is 1. The van der Waals surface area contributed by atoms with E-state index in [1.54, 1.807) is 12.1 Å². The minimum absolute atomic E-state index is 0.0438. The van der Waals surface area contributed by atoms with Crippen LogP contribution in [0, 0.1) is 6.92 Å². The zero-order chi connectivity index (χ0) is 18.0. The van der Waals surface area contributed by atoms with Crippen molar-refractivity contribution >= 4 is 33.2 Å². The highest BCUT2D eigenvalue weighted by atomic mass is 79.9. The first-order valence-electron chi connectivity index (χ1n) is 8.28. The lowest BCUT2D eigenvalue weighted by Crippen LogP contribution is -2.44. The van der Waals surface area contributed by atoms with Gasteiger partial charge in [-0.3, -0.25) is 4.79 Å². The minimum Gasteiger partial charge on any atom is -0.507 e. The lowest BCUT2D eigenvalue weighted by molar-refractivity contribution is 0.102. The summed E-state index contributed by atoms with van der Waals surface area (Å²) in [6.07, 6.45) is 0. The first-order chi connectivity index (χ1) is 11.9. The van der Waals surface area contributed by atoms with Crippen LogP contribution < -0.4 is 10.2 Å². The number of piperazine rings is 1. The number of nitrogens with zero attached hydrogens (tertiary/aromatic N) is 2. The quantitative estimate of drug-likeness (QED) is 0.823. The molecule has 2 N–H and O–H groups in total. The number of phenols is 1. The van der Waals surface area contributed by atoms with E-state index >= 15 is 0 Å². The SMILES string of the molecule is Cc1cc(NC(=O)c2ccc(Br)cc2O)ccc1N1CCN(C)CC1. The first kappa shape index (κ1) is 17.8. The average Bonchev–Trinajstić information content (AvgIpc) is 2.56. The van der Waals surface area contributed by atoms with E-state index in [-0.39, 0.29) is 17.2 Å². The van der Waals surface area contributed by atoms with Gasteiger partial charge in [-0.25, -0.2) is 0 Å². The second kappa shape index (κ2) is 7.45. The molecule has 0 spiro atoms. The number of nitrogens with one attached hydrogen (secondary N) is 1. The van der Waals surface area contributed by atoms with E-state index in [0.717, 1.165) is 41.9 Å². The van der Waals surface area contributed by atoms with Crippen LogP contribution in [0.1, 0.15) is 15.9 Å². The van der Waals surface area contributed by atoms with Gasteiger partial charge in [-0.05, 0) is 55.9 Å².